The topological polar surface area (TPSA) is 68.8 Å². The first-order valence-corrected chi connectivity index (χ1v) is 8.74. The number of aliphatic imine (C=N–C) groups is 1. The van der Waals surface area contributed by atoms with Crippen LogP contribution in [-0.4, -0.2) is 63.1 Å². The molecule has 0 bridgehead atoms. The van der Waals surface area contributed by atoms with E-state index in [1.165, 1.54) is 6.42 Å². The zero-order chi connectivity index (χ0) is 17.3. The summed E-state index contributed by atoms with van der Waals surface area (Å²) in [6.45, 7) is 10.2. The van der Waals surface area contributed by atoms with Crippen molar-refractivity contribution in [2.75, 3.05) is 40.3 Å². The molecular weight excluding hydrogens is 290 g/mol. The van der Waals surface area contributed by atoms with E-state index in [4.69, 9.17) is 0 Å². The molecule has 0 aromatic rings. The van der Waals surface area contributed by atoms with Gasteiger partial charge in [-0.05, 0) is 31.1 Å². The number of rotatable bonds is 6. The number of hydrogen-bond donors (Lipinski definition) is 3. The van der Waals surface area contributed by atoms with Crippen molar-refractivity contribution in [3.8, 4) is 0 Å². The summed E-state index contributed by atoms with van der Waals surface area (Å²) in [5.41, 5.74) is 0.385. The Bertz CT molecular complexity index is 381. The van der Waals surface area contributed by atoms with E-state index in [9.17, 15) is 4.79 Å². The van der Waals surface area contributed by atoms with E-state index in [0.717, 1.165) is 44.9 Å². The maximum absolute atomic E-state index is 11.4. The van der Waals surface area contributed by atoms with Crippen molar-refractivity contribution >= 4 is 11.9 Å². The van der Waals surface area contributed by atoms with E-state index < -0.39 is 0 Å². The lowest BCUT2D eigenvalue weighted by molar-refractivity contribution is -0.122. The summed E-state index contributed by atoms with van der Waals surface area (Å²) in [7, 11) is 3.51. The molecule has 134 valence electrons. The Morgan fingerprint density at radius 1 is 1.26 bits per heavy atom. The summed E-state index contributed by atoms with van der Waals surface area (Å²) in [5, 5.41) is 9.58. The summed E-state index contributed by atoms with van der Waals surface area (Å²) in [6.07, 6.45) is 4.43. The van der Waals surface area contributed by atoms with Crippen molar-refractivity contribution in [3.05, 3.63) is 0 Å². The smallest absolute Gasteiger partial charge is 0.233 e. The molecule has 0 spiro atoms. The Labute approximate surface area is 141 Å². The van der Waals surface area contributed by atoms with Gasteiger partial charge in [0.15, 0.2) is 5.96 Å². The molecule has 1 fully saturated rings. The average molecular weight is 326 g/mol. The van der Waals surface area contributed by atoms with Gasteiger partial charge in [0.2, 0.25) is 5.91 Å². The fraction of sp³-hybridized carbons (Fsp3) is 0.882. The van der Waals surface area contributed by atoms with Gasteiger partial charge in [-0.25, -0.2) is 0 Å². The molecule has 0 saturated carbocycles. The summed E-state index contributed by atoms with van der Waals surface area (Å²) >= 11 is 0. The second kappa shape index (κ2) is 9.75. The van der Waals surface area contributed by atoms with Gasteiger partial charge in [0.05, 0.1) is 6.54 Å². The quantitative estimate of drug-likeness (QED) is 0.390. The molecule has 0 unspecified atom stereocenters. The van der Waals surface area contributed by atoms with Gasteiger partial charge >= 0.3 is 0 Å². The molecule has 23 heavy (non-hydrogen) atoms. The molecule has 1 rings (SSSR count). The molecule has 1 saturated heterocycles. The van der Waals surface area contributed by atoms with E-state index in [2.05, 4.69) is 46.6 Å². The molecule has 0 atom stereocenters. The largest absolute Gasteiger partial charge is 0.358 e. The fourth-order valence-corrected chi connectivity index (χ4v) is 2.73. The van der Waals surface area contributed by atoms with E-state index >= 15 is 0 Å². The number of nitrogens with zero attached hydrogens (tertiary/aromatic N) is 2. The van der Waals surface area contributed by atoms with Crippen molar-refractivity contribution in [1.29, 1.82) is 0 Å². The van der Waals surface area contributed by atoms with Crippen molar-refractivity contribution in [2.24, 2.45) is 10.4 Å². The van der Waals surface area contributed by atoms with Crippen LogP contribution in [0.4, 0.5) is 0 Å². The Kier molecular flexibility index (Phi) is 8.37. The summed E-state index contributed by atoms with van der Waals surface area (Å²) in [4.78, 5) is 17.9. The molecule has 6 nitrogen and oxygen atoms in total. The SMILES string of the molecule is CN=C(NCCCC(C)(C)C)NC1CCN(CC(=O)NC)CC1. The third kappa shape index (κ3) is 8.79. The second-order valence-electron chi connectivity index (χ2n) is 7.53. The highest BCUT2D eigenvalue weighted by atomic mass is 16.1. The van der Waals surface area contributed by atoms with Gasteiger partial charge in [-0.3, -0.25) is 14.7 Å². The standard InChI is InChI=1S/C17H35N5O/c1-17(2,3)9-6-10-20-16(19-5)21-14-7-11-22(12-8-14)13-15(23)18-4/h14H,6-13H2,1-5H3,(H,18,23)(H2,19,20,21). The Morgan fingerprint density at radius 2 is 1.91 bits per heavy atom. The van der Waals surface area contributed by atoms with Crippen LogP contribution >= 0.6 is 0 Å². The minimum Gasteiger partial charge on any atom is -0.358 e. The van der Waals surface area contributed by atoms with Crippen molar-refractivity contribution < 1.29 is 4.79 Å². The second-order valence-corrected chi connectivity index (χ2v) is 7.53. The molecule has 0 aromatic heterocycles. The molecule has 3 N–H and O–H groups in total. The number of likely N-dealkylation sites (tertiary alicyclic amines) is 1. The lowest BCUT2D eigenvalue weighted by atomic mass is 9.91. The molecule has 0 aromatic carbocycles. The van der Waals surface area contributed by atoms with Crippen molar-refractivity contribution in [1.82, 2.24) is 20.9 Å². The van der Waals surface area contributed by atoms with Gasteiger partial charge in [0.1, 0.15) is 0 Å². The number of piperidine rings is 1. The van der Waals surface area contributed by atoms with Crippen LogP contribution < -0.4 is 16.0 Å². The molecular formula is C17H35N5O. The fourth-order valence-electron chi connectivity index (χ4n) is 2.73. The first kappa shape index (κ1) is 19.7. The van der Waals surface area contributed by atoms with Gasteiger partial charge in [0.25, 0.3) is 0 Å². The van der Waals surface area contributed by atoms with E-state index in [0.29, 0.717) is 18.0 Å². The average Bonchev–Trinajstić information content (AvgIpc) is 2.50. The Hall–Kier alpha value is -1.30. The minimum absolute atomic E-state index is 0.0905. The van der Waals surface area contributed by atoms with Gasteiger partial charge in [0, 0.05) is 39.8 Å². The highest BCUT2D eigenvalue weighted by Crippen LogP contribution is 2.19. The highest BCUT2D eigenvalue weighted by Gasteiger charge is 2.21. The number of hydrogen-bond acceptors (Lipinski definition) is 3. The molecule has 1 amide bonds. The zero-order valence-corrected chi connectivity index (χ0v) is 15.5. The first-order chi connectivity index (χ1) is 10.8. The molecule has 0 radical (unpaired) electrons. The third-order valence-electron chi connectivity index (χ3n) is 4.19. The molecule has 1 heterocycles. The van der Waals surface area contributed by atoms with Gasteiger partial charge in [-0.1, -0.05) is 20.8 Å². The number of likely N-dealkylation sites (N-methyl/N-ethyl adjacent to an activating group) is 1. The number of guanidine groups is 1. The molecule has 0 aliphatic carbocycles. The van der Waals surface area contributed by atoms with Crippen LogP contribution in [0, 0.1) is 5.41 Å². The van der Waals surface area contributed by atoms with Crippen molar-refractivity contribution in [2.45, 2.75) is 52.5 Å². The van der Waals surface area contributed by atoms with E-state index in [1.54, 1.807) is 7.05 Å². The summed E-state index contributed by atoms with van der Waals surface area (Å²) in [6, 6.07) is 0.435. The highest BCUT2D eigenvalue weighted by molar-refractivity contribution is 5.80. The predicted octanol–water partition coefficient (Wildman–Crippen LogP) is 1.19. The van der Waals surface area contributed by atoms with Crippen molar-refractivity contribution in [3.63, 3.8) is 0 Å². The van der Waals surface area contributed by atoms with Crippen LogP contribution in [0.2, 0.25) is 0 Å². The van der Waals surface area contributed by atoms with E-state index in [1.807, 2.05) is 7.05 Å². The maximum Gasteiger partial charge on any atom is 0.233 e. The number of nitrogens with one attached hydrogen (secondary N) is 3. The lowest BCUT2D eigenvalue weighted by Gasteiger charge is -2.32. The Balaban J connectivity index is 2.23. The van der Waals surface area contributed by atoms with Gasteiger partial charge in [-0.2, -0.15) is 0 Å². The summed E-state index contributed by atoms with van der Waals surface area (Å²) < 4.78 is 0. The number of carbonyl (C=O) groups excluding carboxylic acids is 1. The Morgan fingerprint density at radius 3 is 2.43 bits per heavy atom. The van der Waals surface area contributed by atoms with E-state index in [-0.39, 0.29) is 5.91 Å². The zero-order valence-electron chi connectivity index (χ0n) is 15.5. The molecule has 6 heteroatoms. The van der Waals surface area contributed by atoms with Gasteiger partial charge < -0.3 is 16.0 Å². The number of amides is 1. The molecule has 1 aliphatic rings. The van der Waals surface area contributed by atoms with Crippen LogP contribution in [0.5, 0.6) is 0 Å². The maximum atomic E-state index is 11.4. The van der Waals surface area contributed by atoms with Crippen LogP contribution in [0.3, 0.4) is 0 Å². The monoisotopic (exact) mass is 325 g/mol. The minimum atomic E-state index is 0.0905. The molecule has 1 aliphatic heterocycles. The third-order valence-corrected chi connectivity index (χ3v) is 4.19. The van der Waals surface area contributed by atoms with Crippen LogP contribution in [-0.2, 0) is 4.79 Å². The van der Waals surface area contributed by atoms with Crippen LogP contribution in [0.15, 0.2) is 4.99 Å². The van der Waals surface area contributed by atoms with Gasteiger partial charge in [-0.15, -0.1) is 0 Å². The normalized spacial score (nSPS) is 17.9. The van der Waals surface area contributed by atoms with Crippen LogP contribution in [0.25, 0.3) is 0 Å². The first-order valence-electron chi connectivity index (χ1n) is 8.74. The number of carbonyl (C=O) groups is 1. The predicted molar refractivity (Wildman–Crippen MR) is 96.7 cm³/mol. The lowest BCUT2D eigenvalue weighted by Crippen LogP contribution is -2.50. The van der Waals surface area contributed by atoms with Crippen LogP contribution in [0.1, 0.15) is 46.5 Å². The summed E-state index contributed by atoms with van der Waals surface area (Å²) in [5.74, 6) is 0.983.